The fourth-order valence-electron chi connectivity index (χ4n) is 3.42. The summed E-state index contributed by atoms with van der Waals surface area (Å²) < 4.78 is 27.3. The molecule has 3 aromatic rings. The van der Waals surface area contributed by atoms with Gasteiger partial charge in [0, 0.05) is 42.4 Å². The number of hydrogen-bond acceptors (Lipinski definition) is 6. The fraction of sp³-hybridized carbons (Fsp3) is 0.227. The second kappa shape index (κ2) is 9.23. The Morgan fingerprint density at radius 2 is 1.58 bits per heavy atom. The monoisotopic (exact) mass is 437 g/mol. The highest BCUT2D eigenvalue weighted by Crippen LogP contribution is 2.23. The van der Waals surface area contributed by atoms with E-state index < -0.39 is 10.0 Å². The minimum absolute atomic E-state index is 0.184. The highest BCUT2D eigenvalue weighted by Gasteiger charge is 2.26. The second-order valence-electron chi connectivity index (χ2n) is 7.22. The van der Waals surface area contributed by atoms with Crippen molar-refractivity contribution in [2.75, 3.05) is 23.7 Å². The average molecular weight is 438 g/mol. The van der Waals surface area contributed by atoms with Crippen molar-refractivity contribution >= 4 is 33.3 Å². The number of carbonyl (C=O) groups is 1. The number of aromatic nitrogens is 2. The van der Waals surface area contributed by atoms with Crippen LogP contribution in [-0.2, 0) is 10.0 Å². The molecule has 2 aromatic carbocycles. The molecule has 1 saturated heterocycles. The molecule has 1 aliphatic heterocycles. The van der Waals surface area contributed by atoms with Gasteiger partial charge in [-0.1, -0.05) is 18.6 Å². The Balaban J connectivity index is 1.49. The zero-order valence-electron chi connectivity index (χ0n) is 16.9. The smallest absolute Gasteiger partial charge is 0.255 e. The summed E-state index contributed by atoms with van der Waals surface area (Å²) in [4.78, 5) is 21.1. The summed E-state index contributed by atoms with van der Waals surface area (Å²) in [6.07, 6.45) is 6.03. The first-order valence-corrected chi connectivity index (χ1v) is 11.5. The van der Waals surface area contributed by atoms with E-state index in [-0.39, 0.29) is 10.8 Å². The van der Waals surface area contributed by atoms with Crippen LogP contribution in [0.5, 0.6) is 0 Å². The van der Waals surface area contributed by atoms with Gasteiger partial charge in [-0.3, -0.25) is 4.79 Å². The fourth-order valence-corrected chi connectivity index (χ4v) is 4.99. The molecule has 0 spiro atoms. The average Bonchev–Trinajstić information content (AvgIpc) is 2.81. The van der Waals surface area contributed by atoms with Crippen LogP contribution in [0.25, 0.3) is 0 Å². The van der Waals surface area contributed by atoms with Crippen LogP contribution in [0.15, 0.2) is 71.9 Å². The molecule has 1 fully saturated rings. The molecule has 0 unspecified atom stereocenters. The Labute approximate surface area is 181 Å². The molecule has 0 saturated carbocycles. The number of carbonyl (C=O) groups excluding carboxylic acids is 1. The van der Waals surface area contributed by atoms with Crippen LogP contribution in [0.1, 0.15) is 29.6 Å². The number of rotatable bonds is 6. The van der Waals surface area contributed by atoms with Gasteiger partial charge in [0.2, 0.25) is 16.0 Å². The summed E-state index contributed by atoms with van der Waals surface area (Å²) in [6.45, 7) is 1.06. The summed E-state index contributed by atoms with van der Waals surface area (Å²) >= 11 is 0. The zero-order valence-corrected chi connectivity index (χ0v) is 17.7. The molecule has 1 aromatic heterocycles. The van der Waals surface area contributed by atoms with Crippen LogP contribution in [0.3, 0.4) is 0 Å². The van der Waals surface area contributed by atoms with Gasteiger partial charge in [-0.25, -0.2) is 18.4 Å². The predicted molar refractivity (Wildman–Crippen MR) is 119 cm³/mol. The summed E-state index contributed by atoms with van der Waals surface area (Å²) in [5.74, 6) is 0.0841. The molecule has 2 heterocycles. The van der Waals surface area contributed by atoms with Gasteiger partial charge in [0.15, 0.2) is 0 Å². The summed E-state index contributed by atoms with van der Waals surface area (Å²) in [7, 11) is -3.57. The van der Waals surface area contributed by atoms with Gasteiger partial charge in [0.25, 0.3) is 5.91 Å². The van der Waals surface area contributed by atoms with E-state index in [0.717, 1.165) is 19.3 Å². The lowest BCUT2D eigenvalue weighted by Crippen LogP contribution is -2.35. The highest BCUT2D eigenvalue weighted by atomic mass is 32.2. The molecular formula is C22H23N5O3S. The summed E-state index contributed by atoms with van der Waals surface area (Å²) in [5, 5.41) is 5.83. The molecule has 1 amide bonds. The van der Waals surface area contributed by atoms with E-state index in [1.807, 2.05) is 0 Å². The van der Waals surface area contributed by atoms with Crippen LogP contribution in [0, 0.1) is 0 Å². The first-order chi connectivity index (χ1) is 15.0. The Morgan fingerprint density at radius 3 is 2.35 bits per heavy atom. The van der Waals surface area contributed by atoms with Crippen LogP contribution in [-0.4, -0.2) is 41.7 Å². The Bertz CT molecular complexity index is 1160. The number of piperidine rings is 1. The standard InChI is InChI=1S/C22H23N5O3S/c28-21(17-7-4-8-18(15-17)26-22-23-11-6-12-24-22)25-19-9-5-10-20(16-19)31(29,30)27-13-2-1-3-14-27/h4-12,15-16H,1-3,13-14H2,(H,25,28)(H,23,24,26). The molecule has 0 radical (unpaired) electrons. The maximum Gasteiger partial charge on any atom is 0.255 e. The molecule has 0 atom stereocenters. The lowest BCUT2D eigenvalue weighted by atomic mass is 10.2. The van der Waals surface area contributed by atoms with Gasteiger partial charge in [-0.15, -0.1) is 0 Å². The van der Waals surface area contributed by atoms with Gasteiger partial charge in [-0.05, 0) is 55.3 Å². The Kier molecular flexibility index (Phi) is 6.24. The van der Waals surface area contributed by atoms with Crippen molar-refractivity contribution in [3.8, 4) is 0 Å². The lowest BCUT2D eigenvalue weighted by molar-refractivity contribution is 0.102. The minimum Gasteiger partial charge on any atom is -0.324 e. The van der Waals surface area contributed by atoms with Crippen molar-refractivity contribution in [2.45, 2.75) is 24.2 Å². The van der Waals surface area contributed by atoms with Crippen LogP contribution in [0.4, 0.5) is 17.3 Å². The molecule has 0 aliphatic carbocycles. The van der Waals surface area contributed by atoms with E-state index in [0.29, 0.717) is 36.0 Å². The maximum absolute atomic E-state index is 12.9. The molecular weight excluding hydrogens is 414 g/mol. The van der Waals surface area contributed by atoms with E-state index in [2.05, 4.69) is 20.6 Å². The SMILES string of the molecule is O=C(Nc1cccc(S(=O)(=O)N2CCCCC2)c1)c1cccc(Nc2ncccn2)c1. The number of sulfonamides is 1. The third kappa shape index (κ3) is 5.07. The number of hydrogen-bond donors (Lipinski definition) is 2. The van der Waals surface area contributed by atoms with Gasteiger partial charge >= 0.3 is 0 Å². The van der Waals surface area contributed by atoms with E-state index in [1.165, 1.54) is 10.4 Å². The van der Waals surface area contributed by atoms with Gasteiger partial charge in [-0.2, -0.15) is 4.31 Å². The van der Waals surface area contributed by atoms with Gasteiger partial charge in [0.05, 0.1) is 4.90 Å². The molecule has 0 bridgehead atoms. The Hall–Kier alpha value is -3.30. The first kappa shape index (κ1) is 21.0. The summed E-state index contributed by atoms with van der Waals surface area (Å²) in [6, 6.07) is 15.0. The van der Waals surface area contributed by atoms with E-state index in [1.54, 1.807) is 60.9 Å². The molecule has 31 heavy (non-hydrogen) atoms. The largest absolute Gasteiger partial charge is 0.324 e. The second-order valence-corrected chi connectivity index (χ2v) is 9.16. The third-order valence-corrected chi connectivity index (χ3v) is 6.89. The molecule has 1 aliphatic rings. The molecule has 2 N–H and O–H groups in total. The predicted octanol–water partition coefficient (Wildman–Crippen LogP) is 3.65. The number of amides is 1. The van der Waals surface area contributed by atoms with Crippen molar-refractivity contribution in [3.05, 3.63) is 72.6 Å². The van der Waals surface area contributed by atoms with Crippen molar-refractivity contribution < 1.29 is 13.2 Å². The lowest BCUT2D eigenvalue weighted by Gasteiger charge is -2.26. The first-order valence-electron chi connectivity index (χ1n) is 10.1. The van der Waals surface area contributed by atoms with E-state index >= 15 is 0 Å². The highest BCUT2D eigenvalue weighted by molar-refractivity contribution is 7.89. The molecule has 9 heteroatoms. The maximum atomic E-state index is 12.9. The van der Waals surface area contributed by atoms with Crippen molar-refractivity contribution in [1.29, 1.82) is 0 Å². The topological polar surface area (TPSA) is 104 Å². The number of nitrogens with zero attached hydrogens (tertiary/aromatic N) is 3. The van der Waals surface area contributed by atoms with Crippen LogP contribution >= 0.6 is 0 Å². The number of nitrogens with one attached hydrogen (secondary N) is 2. The van der Waals surface area contributed by atoms with E-state index in [4.69, 9.17) is 0 Å². The van der Waals surface area contributed by atoms with Crippen LogP contribution < -0.4 is 10.6 Å². The van der Waals surface area contributed by atoms with Gasteiger partial charge < -0.3 is 10.6 Å². The van der Waals surface area contributed by atoms with Gasteiger partial charge in [0.1, 0.15) is 0 Å². The molecule has 160 valence electrons. The molecule has 4 rings (SSSR count). The quantitative estimate of drug-likeness (QED) is 0.610. The number of benzene rings is 2. The minimum atomic E-state index is -3.57. The summed E-state index contributed by atoms with van der Waals surface area (Å²) in [5.41, 5.74) is 1.51. The normalized spacial score (nSPS) is 14.7. The van der Waals surface area contributed by atoms with Crippen molar-refractivity contribution in [3.63, 3.8) is 0 Å². The van der Waals surface area contributed by atoms with E-state index in [9.17, 15) is 13.2 Å². The third-order valence-electron chi connectivity index (χ3n) is 4.99. The van der Waals surface area contributed by atoms with Crippen LogP contribution in [0.2, 0.25) is 0 Å². The van der Waals surface area contributed by atoms with Crippen molar-refractivity contribution in [2.24, 2.45) is 0 Å². The number of anilines is 3. The Morgan fingerprint density at radius 1 is 0.871 bits per heavy atom. The zero-order chi connectivity index (χ0) is 21.7. The van der Waals surface area contributed by atoms with Crippen molar-refractivity contribution in [1.82, 2.24) is 14.3 Å². The molecule has 8 nitrogen and oxygen atoms in total.